The number of nitrogens with zero attached hydrogens (tertiary/aromatic N) is 6. The van der Waals surface area contributed by atoms with Crippen molar-refractivity contribution in [3.05, 3.63) is 22.9 Å². The van der Waals surface area contributed by atoms with Crippen molar-refractivity contribution in [2.75, 3.05) is 25.6 Å². The maximum absolute atomic E-state index is 13.8. The number of hydrogen-bond donors (Lipinski definition) is 2. The third kappa shape index (κ3) is 6.64. The molecule has 1 unspecified atom stereocenters. The third-order valence-electron chi connectivity index (χ3n) is 7.80. The summed E-state index contributed by atoms with van der Waals surface area (Å²) in [6, 6.07) is 3.02. The molecule has 0 aliphatic carbocycles. The van der Waals surface area contributed by atoms with Gasteiger partial charge in [0.2, 0.25) is 12.7 Å². The highest BCUT2D eigenvalue weighted by Gasteiger charge is 2.42. The molecular formula is C29H38BrN7O5S. The van der Waals surface area contributed by atoms with Gasteiger partial charge in [0.1, 0.15) is 6.04 Å². The Balaban J connectivity index is 1.29. The van der Waals surface area contributed by atoms with Crippen LogP contribution in [0.4, 0.5) is 10.6 Å². The number of carboxylic acid groups (broad SMARTS) is 1. The highest BCUT2D eigenvalue weighted by Crippen LogP contribution is 2.43. The molecule has 0 saturated carbocycles. The number of hydrogen-bond acceptors (Lipinski definition) is 9. The van der Waals surface area contributed by atoms with Crippen molar-refractivity contribution in [2.24, 2.45) is 11.8 Å². The number of nitrogen functional groups attached to an aromatic ring is 1. The first-order chi connectivity index (χ1) is 20.3. The van der Waals surface area contributed by atoms with Crippen LogP contribution in [0.3, 0.4) is 0 Å². The number of imidazole rings is 1. The van der Waals surface area contributed by atoms with Crippen LogP contribution >= 0.6 is 27.7 Å². The average molecular weight is 677 g/mol. The number of carbonyl (C=O) groups excluding carboxylic acids is 1. The maximum atomic E-state index is 13.8. The van der Waals surface area contributed by atoms with Gasteiger partial charge in [0.15, 0.2) is 34.0 Å². The monoisotopic (exact) mass is 675 g/mol. The second-order valence-electron chi connectivity index (χ2n) is 12.3. The molecule has 0 bridgehead atoms. The molecule has 43 heavy (non-hydrogen) atoms. The van der Waals surface area contributed by atoms with Crippen LogP contribution in [0.1, 0.15) is 53.9 Å². The Labute approximate surface area is 263 Å². The van der Waals surface area contributed by atoms with Gasteiger partial charge in [0.05, 0.1) is 6.33 Å². The van der Waals surface area contributed by atoms with Gasteiger partial charge in [-0.3, -0.25) is 9.69 Å². The van der Waals surface area contributed by atoms with Gasteiger partial charge in [-0.2, -0.15) is 0 Å². The van der Waals surface area contributed by atoms with Gasteiger partial charge in [-0.25, -0.2) is 19.7 Å². The van der Waals surface area contributed by atoms with E-state index in [1.165, 1.54) is 16.7 Å². The number of nitrogens with two attached hydrogens (primary N) is 1. The molecule has 2 amide bonds. The molecule has 3 N–H and O–H groups in total. The van der Waals surface area contributed by atoms with Crippen LogP contribution in [-0.4, -0.2) is 77.9 Å². The van der Waals surface area contributed by atoms with Gasteiger partial charge >= 0.3 is 6.09 Å². The molecule has 4 aliphatic rings. The van der Waals surface area contributed by atoms with Gasteiger partial charge in [-0.1, -0.05) is 13.8 Å². The van der Waals surface area contributed by atoms with E-state index >= 15 is 0 Å². The van der Waals surface area contributed by atoms with E-state index in [1.54, 1.807) is 6.33 Å². The predicted molar refractivity (Wildman–Crippen MR) is 165 cm³/mol. The number of carbonyl (C=O) groups is 2. The molecule has 0 spiro atoms. The minimum Gasteiger partial charge on any atom is -0.465 e. The molecular weight excluding hydrogens is 638 g/mol. The zero-order valence-electron chi connectivity index (χ0n) is 25.0. The lowest BCUT2D eigenvalue weighted by Gasteiger charge is -2.44. The smallest absolute Gasteiger partial charge is 0.408 e. The fourth-order valence-electron chi connectivity index (χ4n) is 5.74. The van der Waals surface area contributed by atoms with Crippen LogP contribution in [0, 0.1) is 11.8 Å². The van der Waals surface area contributed by atoms with E-state index in [2.05, 4.69) is 25.9 Å². The zero-order valence-corrected chi connectivity index (χ0v) is 27.4. The van der Waals surface area contributed by atoms with Gasteiger partial charge < -0.3 is 29.8 Å². The number of amides is 2. The van der Waals surface area contributed by atoms with Crippen LogP contribution in [0.5, 0.6) is 11.5 Å². The molecule has 5 rings (SSSR count). The van der Waals surface area contributed by atoms with Crippen LogP contribution in [0.2, 0.25) is 0 Å². The van der Waals surface area contributed by atoms with Crippen molar-refractivity contribution in [3.63, 3.8) is 0 Å². The Morgan fingerprint density at radius 2 is 1.95 bits per heavy atom. The zero-order chi connectivity index (χ0) is 31.1. The van der Waals surface area contributed by atoms with E-state index in [9.17, 15) is 14.7 Å². The Hall–Kier alpha value is -3.26. The van der Waals surface area contributed by atoms with Crippen LogP contribution in [0.15, 0.2) is 33.0 Å². The fourth-order valence-corrected chi connectivity index (χ4v) is 7.10. The molecule has 2 atom stereocenters. The number of piperidine rings is 1. The Morgan fingerprint density at radius 3 is 2.63 bits per heavy atom. The lowest BCUT2D eigenvalue weighted by atomic mass is 9.91. The van der Waals surface area contributed by atoms with Crippen LogP contribution < -0.4 is 15.2 Å². The number of fused-ring (bicyclic) bond motifs is 2. The number of anilines is 1. The number of halogens is 1. The number of likely N-dealkylation sites (tertiary alicyclic amines) is 1. The third-order valence-corrected chi connectivity index (χ3v) is 9.64. The Kier molecular flexibility index (Phi) is 8.98. The summed E-state index contributed by atoms with van der Waals surface area (Å²) in [5.41, 5.74) is 6.02. The van der Waals surface area contributed by atoms with Crippen LogP contribution in [0.25, 0.3) is 11.5 Å². The molecule has 0 radical (unpaired) electrons. The molecule has 1 aromatic rings. The summed E-state index contributed by atoms with van der Waals surface area (Å²) in [6.07, 6.45) is 3.25. The van der Waals surface area contributed by atoms with Crippen molar-refractivity contribution in [3.8, 4) is 23.0 Å². The number of rotatable bonds is 8. The van der Waals surface area contributed by atoms with Crippen molar-refractivity contribution in [2.45, 2.75) is 82.1 Å². The molecule has 4 heterocycles. The van der Waals surface area contributed by atoms with Gasteiger partial charge in [0, 0.05) is 34.5 Å². The number of benzene rings is 1. The minimum atomic E-state index is -1.08. The average Bonchev–Trinajstić information content (AvgIpc) is 3.57. The highest BCUT2D eigenvalue weighted by molar-refractivity contribution is 9.10. The molecule has 0 aromatic heterocycles. The molecule has 1 saturated heterocycles. The normalized spacial score (nSPS) is 17.5. The van der Waals surface area contributed by atoms with E-state index in [4.69, 9.17) is 20.2 Å². The lowest BCUT2D eigenvalue weighted by Crippen LogP contribution is -2.60. The van der Waals surface area contributed by atoms with Crippen molar-refractivity contribution >= 4 is 45.5 Å². The van der Waals surface area contributed by atoms with Crippen LogP contribution in [-0.2, 0) is 11.3 Å². The van der Waals surface area contributed by atoms with Crippen molar-refractivity contribution in [1.82, 2.24) is 29.3 Å². The SMILES string of the molecule is CC(C)[C@@H](C(=O)N1CCCC(CCn2cnc(N)c3nc(Sc4cc5c(cc4Br)OCO5)nc2-3)C1)N(C(=O)O)C(C)(C)C. The molecule has 12 nitrogen and oxygen atoms in total. The molecule has 232 valence electrons. The first-order valence-electron chi connectivity index (χ1n) is 14.4. The quantitative estimate of drug-likeness (QED) is 0.316. The molecule has 1 aromatic carbocycles. The second-order valence-corrected chi connectivity index (χ2v) is 14.2. The second kappa shape index (κ2) is 12.4. The lowest BCUT2D eigenvalue weighted by molar-refractivity contribution is -0.142. The van der Waals surface area contributed by atoms with Gasteiger partial charge in [-0.15, -0.1) is 0 Å². The topological polar surface area (TPSA) is 149 Å². The standard InChI is InChI=1S/C29H38BrN7O5S/c1-16(2)23(37(28(39)40)29(3,4)5)26(38)35-9-6-7-17(13-35)8-10-36-14-32-24(31)22-25(36)34-27(33-22)43-21-12-20-19(11-18(21)30)41-15-42-20/h11-12,14,16-17,23H,6-10,13,15,31H2,1-5H3,(H,39,40)/t17?,23-/m0/s1. The molecule has 4 aliphatic heterocycles. The summed E-state index contributed by atoms with van der Waals surface area (Å²) in [4.78, 5) is 43.8. The first-order valence-corrected chi connectivity index (χ1v) is 16.0. The largest absolute Gasteiger partial charge is 0.465 e. The van der Waals surface area contributed by atoms with Crippen molar-refractivity contribution < 1.29 is 24.2 Å². The summed E-state index contributed by atoms with van der Waals surface area (Å²) in [7, 11) is 0. The highest BCUT2D eigenvalue weighted by atomic mass is 79.9. The maximum Gasteiger partial charge on any atom is 0.408 e. The summed E-state index contributed by atoms with van der Waals surface area (Å²) >= 11 is 4.98. The first kappa shape index (κ1) is 31.2. The molecule has 14 heteroatoms. The summed E-state index contributed by atoms with van der Waals surface area (Å²) in [6.45, 7) is 11.3. The van der Waals surface area contributed by atoms with E-state index in [0.717, 1.165) is 28.6 Å². The van der Waals surface area contributed by atoms with E-state index in [0.29, 0.717) is 53.6 Å². The van der Waals surface area contributed by atoms with Crippen molar-refractivity contribution in [1.29, 1.82) is 0 Å². The number of ether oxygens (including phenoxy) is 2. The van der Waals surface area contributed by atoms with E-state index in [1.807, 2.05) is 56.2 Å². The van der Waals surface area contributed by atoms with E-state index < -0.39 is 17.7 Å². The summed E-state index contributed by atoms with van der Waals surface area (Å²) in [5.74, 6) is 2.29. The summed E-state index contributed by atoms with van der Waals surface area (Å²) < 4.78 is 13.8. The fraction of sp³-hybridized carbons (Fsp3) is 0.552. The minimum absolute atomic E-state index is 0.125. The molecule has 1 fully saturated rings. The van der Waals surface area contributed by atoms with E-state index in [-0.39, 0.29) is 24.5 Å². The Bertz CT molecular complexity index is 1480. The summed E-state index contributed by atoms with van der Waals surface area (Å²) in [5, 5.41) is 10.5. The predicted octanol–water partition coefficient (Wildman–Crippen LogP) is 5.43. The number of aryl methyl sites for hydroxylation is 1. The van der Waals surface area contributed by atoms with Gasteiger partial charge in [0.25, 0.3) is 0 Å². The number of aromatic nitrogens is 4. The Morgan fingerprint density at radius 1 is 1.23 bits per heavy atom. The van der Waals surface area contributed by atoms with Gasteiger partial charge in [-0.05, 0) is 91.7 Å².